The standard InChI is InChI=1S/C19H29N3O3.HI/c1-20-19(21-9-4-10-24-16-8-11-23-14-16)22-13-15-7-12-25-18-6-3-2-5-17(15)18;/h2-3,5-6,15-16H,4,7-14H2,1H3,(H2,20,21,22);1H. The van der Waals surface area contributed by atoms with Crippen molar-refractivity contribution in [2.45, 2.75) is 31.3 Å². The van der Waals surface area contributed by atoms with Crippen molar-refractivity contribution in [2.24, 2.45) is 4.99 Å². The van der Waals surface area contributed by atoms with Crippen LogP contribution < -0.4 is 15.4 Å². The summed E-state index contributed by atoms with van der Waals surface area (Å²) in [4.78, 5) is 4.31. The second-order valence-corrected chi connectivity index (χ2v) is 6.46. The maximum atomic E-state index is 5.77. The average molecular weight is 475 g/mol. The van der Waals surface area contributed by atoms with Crippen LogP contribution in [0.1, 0.15) is 30.7 Å². The molecule has 2 heterocycles. The van der Waals surface area contributed by atoms with E-state index < -0.39 is 0 Å². The van der Waals surface area contributed by atoms with Crippen LogP contribution in [0.2, 0.25) is 0 Å². The molecule has 0 radical (unpaired) electrons. The summed E-state index contributed by atoms with van der Waals surface area (Å²) in [6.45, 7) is 4.80. The maximum Gasteiger partial charge on any atom is 0.190 e. The van der Waals surface area contributed by atoms with E-state index >= 15 is 0 Å². The van der Waals surface area contributed by atoms with Gasteiger partial charge < -0.3 is 24.8 Å². The number of ether oxygens (including phenoxy) is 3. The van der Waals surface area contributed by atoms with Gasteiger partial charge in [-0.2, -0.15) is 0 Å². The van der Waals surface area contributed by atoms with Gasteiger partial charge in [-0.15, -0.1) is 24.0 Å². The van der Waals surface area contributed by atoms with E-state index in [9.17, 15) is 0 Å². The Labute approximate surface area is 173 Å². The SMILES string of the molecule is CN=C(NCCCOC1CCOC1)NCC1CCOc2ccccc21.I. The number of hydrogen-bond donors (Lipinski definition) is 2. The largest absolute Gasteiger partial charge is 0.493 e. The van der Waals surface area contributed by atoms with Crippen molar-refractivity contribution in [1.82, 2.24) is 10.6 Å². The molecule has 1 aromatic rings. The maximum absolute atomic E-state index is 5.77. The quantitative estimate of drug-likeness (QED) is 0.275. The van der Waals surface area contributed by atoms with E-state index in [-0.39, 0.29) is 30.1 Å². The van der Waals surface area contributed by atoms with Crippen LogP contribution in [0.25, 0.3) is 0 Å². The molecule has 7 heteroatoms. The summed E-state index contributed by atoms with van der Waals surface area (Å²) in [5, 5.41) is 6.79. The molecule has 1 saturated heterocycles. The number of nitrogens with one attached hydrogen (secondary N) is 2. The lowest BCUT2D eigenvalue weighted by molar-refractivity contribution is 0.0420. The van der Waals surface area contributed by atoms with E-state index in [4.69, 9.17) is 14.2 Å². The number of hydrogen-bond acceptors (Lipinski definition) is 4. The lowest BCUT2D eigenvalue weighted by atomic mass is 9.93. The van der Waals surface area contributed by atoms with Crippen LogP contribution in [-0.4, -0.2) is 58.6 Å². The molecule has 1 aromatic carbocycles. The predicted molar refractivity (Wildman–Crippen MR) is 114 cm³/mol. The minimum absolute atomic E-state index is 0. The lowest BCUT2D eigenvalue weighted by Crippen LogP contribution is -2.40. The van der Waals surface area contributed by atoms with Gasteiger partial charge in [-0.1, -0.05) is 18.2 Å². The van der Waals surface area contributed by atoms with Crippen LogP contribution in [0.5, 0.6) is 5.75 Å². The Balaban J connectivity index is 0.00000243. The van der Waals surface area contributed by atoms with E-state index in [2.05, 4.69) is 27.8 Å². The first kappa shape index (κ1) is 21.2. The Morgan fingerprint density at radius 1 is 1.23 bits per heavy atom. The zero-order valence-electron chi connectivity index (χ0n) is 15.4. The van der Waals surface area contributed by atoms with Crippen molar-refractivity contribution in [3.05, 3.63) is 29.8 Å². The molecule has 3 rings (SSSR count). The number of aliphatic imine (C=N–C) groups is 1. The lowest BCUT2D eigenvalue weighted by Gasteiger charge is -2.26. The topological polar surface area (TPSA) is 64.1 Å². The number of guanidine groups is 1. The van der Waals surface area contributed by atoms with Crippen LogP contribution in [0.3, 0.4) is 0 Å². The van der Waals surface area contributed by atoms with Gasteiger partial charge in [0.15, 0.2) is 5.96 Å². The van der Waals surface area contributed by atoms with Crippen molar-refractivity contribution in [3.8, 4) is 5.75 Å². The highest BCUT2D eigenvalue weighted by molar-refractivity contribution is 14.0. The molecule has 0 spiro atoms. The molecule has 0 aromatic heterocycles. The Morgan fingerprint density at radius 2 is 2.12 bits per heavy atom. The van der Waals surface area contributed by atoms with E-state index in [0.717, 1.165) is 70.5 Å². The summed E-state index contributed by atoms with van der Waals surface area (Å²) in [6.07, 6.45) is 3.28. The molecule has 2 unspecified atom stereocenters. The molecular weight excluding hydrogens is 445 g/mol. The minimum atomic E-state index is 0. The molecule has 2 aliphatic rings. The molecule has 1 fully saturated rings. The van der Waals surface area contributed by atoms with Crippen molar-refractivity contribution >= 4 is 29.9 Å². The predicted octanol–water partition coefficient (Wildman–Crippen LogP) is 2.53. The highest BCUT2D eigenvalue weighted by atomic mass is 127. The fourth-order valence-electron chi connectivity index (χ4n) is 3.24. The molecule has 26 heavy (non-hydrogen) atoms. The van der Waals surface area contributed by atoms with Gasteiger partial charge in [-0.05, 0) is 30.9 Å². The molecule has 0 bridgehead atoms. The highest BCUT2D eigenvalue weighted by Crippen LogP contribution is 2.32. The number of fused-ring (bicyclic) bond motifs is 1. The first-order chi connectivity index (χ1) is 12.4. The van der Waals surface area contributed by atoms with E-state index in [0.29, 0.717) is 5.92 Å². The normalized spacial score (nSPS) is 22.1. The van der Waals surface area contributed by atoms with Crippen LogP contribution >= 0.6 is 24.0 Å². The van der Waals surface area contributed by atoms with E-state index in [1.54, 1.807) is 7.05 Å². The molecule has 6 nitrogen and oxygen atoms in total. The Hall–Kier alpha value is -1.06. The van der Waals surface area contributed by atoms with Crippen molar-refractivity contribution in [2.75, 3.05) is 46.6 Å². The van der Waals surface area contributed by atoms with Crippen LogP contribution in [0, 0.1) is 0 Å². The smallest absolute Gasteiger partial charge is 0.190 e. The highest BCUT2D eigenvalue weighted by Gasteiger charge is 2.21. The van der Waals surface area contributed by atoms with Crippen molar-refractivity contribution in [1.29, 1.82) is 0 Å². The summed E-state index contributed by atoms with van der Waals surface area (Å²) in [5.74, 6) is 2.30. The van der Waals surface area contributed by atoms with Gasteiger partial charge >= 0.3 is 0 Å². The fourth-order valence-corrected chi connectivity index (χ4v) is 3.24. The third kappa shape index (κ3) is 6.28. The van der Waals surface area contributed by atoms with Gasteiger partial charge in [0.25, 0.3) is 0 Å². The van der Waals surface area contributed by atoms with Gasteiger partial charge in [0, 0.05) is 39.3 Å². The first-order valence-electron chi connectivity index (χ1n) is 9.22. The second kappa shape index (κ2) is 11.6. The molecule has 0 amide bonds. The monoisotopic (exact) mass is 475 g/mol. The molecule has 0 saturated carbocycles. The molecular formula is C19H30IN3O3. The number of halogens is 1. The average Bonchev–Trinajstić information content (AvgIpc) is 3.17. The van der Waals surface area contributed by atoms with Gasteiger partial charge in [0.2, 0.25) is 0 Å². The van der Waals surface area contributed by atoms with E-state index in [1.807, 2.05) is 12.1 Å². The molecule has 2 aliphatic heterocycles. The van der Waals surface area contributed by atoms with Crippen LogP contribution in [0.4, 0.5) is 0 Å². The number of nitrogens with zero attached hydrogens (tertiary/aromatic N) is 1. The zero-order chi connectivity index (χ0) is 17.3. The molecule has 146 valence electrons. The third-order valence-corrected chi connectivity index (χ3v) is 4.68. The number of benzene rings is 1. The Kier molecular flexibility index (Phi) is 9.49. The Morgan fingerprint density at radius 3 is 2.92 bits per heavy atom. The minimum Gasteiger partial charge on any atom is -0.493 e. The first-order valence-corrected chi connectivity index (χ1v) is 9.22. The summed E-state index contributed by atoms with van der Waals surface area (Å²) in [7, 11) is 1.81. The summed E-state index contributed by atoms with van der Waals surface area (Å²) in [5.41, 5.74) is 1.28. The number of rotatable bonds is 7. The van der Waals surface area contributed by atoms with E-state index in [1.165, 1.54) is 5.56 Å². The Bertz CT molecular complexity index is 565. The summed E-state index contributed by atoms with van der Waals surface area (Å²) in [6, 6.07) is 8.29. The van der Waals surface area contributed by atoms with Crippen LogP contribution in [-0.2, 0) is 9.47 Å². The zero-order valence-corrected chi connectivity index (χ0v) is 17.7. The van der Waals surface area contributed by atoms with Gasteiger partial charge in [-0.3, -0.25) is 4.99 Å². The fraction of sp³-hybridized carbons (Fsp3) is 0.632. The van der Waals surface area contributed by atoms with Crippen LogP contribution in [0.15, 0.2) is 29.3 Å². The van der Waals surface area contributed by atoms with Gasteiger partial charge in [-0.25, -0.2) is 0 Å². The third-order valence-electron chi connectivity index (χ3n) is 4.68. The summed E-state index contributed by atoms with van der Waals surface area (Å²) < 4.78 is 16.8. The van der Waals surface area contributed by atoms with Gasteiger partial charge in [0.1, 0.15) is 5.75 Å². The summed E-state index contributed by atoms with van der Waals surface area (Å²) >= 11 is 0. The van der Waals surface area contributed by atoms with Gasteiger partial charge in [0.05, 0.1) is 19.3 Å². The van der Waals surface area contributed by atoms with Crippen molar-refractivity contribution in [3.63, 3.8) is 0 Å². The molecule has 0 aliphatic carbocycles. The molecule has 2 atom stereocenters. The number of para-hydroxylation sites is 1. The second-order valence-electron chi connectivity index (χ2n) is 6.46. The van der Waals surface area contributed by atoms with Crippen molar-refractivity contribution < 1.29 is 14.2 Å². The molecule has 2 N–H and O–H groups in total.